The second-order valence-electron chi connectivity index (χ2n) is 3.31. The third-order valence-electron chi connectivity index (χ3n) is 1.78. The van der Waals surface area contributed by atoms with E-state index in [0.717, 1.165) is 0 Å². The monoisotopic (exact) mass is 244 g/mol. The predicted octanol–water partition coefficient (Wildman–Crippen LogP) is 0.223. The standard InChI is InChI=1S/C9H12N2O4S/c1-7(5-9(12)13)11-16(14,15)8-3-2-4-10-6-8/h2-4,6-7,11H,5H2,1H3,(H,12,13). The van der Waals surface area contributed by atoms with Gasteiger partial charge >= 0.3 is 5.97 Å². The number of carboxylic acid groups (broad SMARTS) is 1. The number of pyridine rings is 1. The molecule has 0 aliphatic heterocycles. The first-order valence-electron chi connectivity index (χ1n) is 4.56. The van der Waals surface area contributed by atoms with Crippen molar-refractivity contribution in [1.29, 1.82) is 0 Å². The molecule has 2 N–H and O–H groups in total. The van der Waals surface area contributed by atoms with Gasteiger partial charge in [-0.3, -0.25) is 9.78 Å². The molecule has 0 radical (unpaired) electrons. The van der Waals surface area contributed by atoms with Crippen LogP contribution in [0, 0.1) is 0 Å². The van der Waals surface area contributed by atoms with Crippen LogP contribution >= 0.6 is 0 Å². The van der Waals surface area contributed by atoms with Gasteiger partial charge in [-0.1, -0.05) is 0 Å². The minimum Gasteiger partial charge on any atom is -0.481 e. The molecule has 0 aliphatic carbocycles. The number of sulfonamides is 1. The van der Waals surface area contributed by atoms with E-state index in [2.05, 4.69) is 9.71 Å². The van der Waals surface area contributed by atoms with Crippen molar-refractivity contribution in [3.8, 4) is 0 Å². The van der Waals surface area contributed by atoms with Gasteiger partial charge in [-0.25, -0.2) is 13.1 Å². The lowest BCUT2D eigenvalue weighted by Gasteiger charge is -2.11. The summed E-state index contributed by atoms with van der Waals surface area (Å²) in [5.74, 6) is -1.05. The molecule has 0 fully saturated rings. The van der Waals surface area contributed by atoms with E-state index in [1.807, 2.05) is 0 Å². The highest BCUT2D eigenvalue weighted by molar-refractivity contribution is 7.89. The number of carbonyl (C=O) groups is 1. The Kier molecular flexibility index (Phi) is 3.97. The normalized spacial score (nSPS) is 13.3. The van der Waals surface area contributed by atoms with E-state index in [-0.39, 0.29) is 11.3 Å². The molecular weight excluding hydrogens is 232 g/mol. The average molecular weight is 244 g/mol. The summed E-state index contributed by atoms with van der Waals surface area (Å²) in [5, 5.41) is 8.50. The van der Waals surface area contributed by atoms with E-state index in [9.17, 15) is 13.2 Å². The maximum atomic E-state index is 11.7. The molecule has 1 aromatic heterocycles. The second-order valence-corrected chi connectivity index (χ2v) is 5.02. The Labute approximate surface area is 93.4 Å². The molecule has 7 heteroatoms. The van der Waals surface area contributed by atoms with Gasteiger partial charge in [0, 0.05) is 18.4 Å². The number of rotatable bonds is 5. The van der Waals surface area contributed by atoms with Crippen molar-refractivity contribution >= 4 is 16.0 Å². The summed E-state index contributed by atoms with van der Waals surface area (Å²) in [6, 6.07) is 2.22. The number of carboxylic acids is 1. The van der Waals surface area contributed by atoms with E-state index in [1.165, 1.54) is 31.5 Å². The van der Waals surface area contributed by atoms with Crippen LogP contribution in [0.15, 0.2) is 29.4 Å². The van der Waals surface area contributed by atoms with Crippen molar-refractivity contribution < 1.29 is 18.3 Å². The Morgan fingerprint density at radius 1 is 1.62 bits per heavy atom. The fraction of sp³-hybridized carbons (Fsp3) is 0.333. The first kappa shape index (κ1) is 12.6. The van der Waals surface area contributed by atoms with Crippen LogP contribution in [0.3, 0.4) is 0 Å². The topological polar surface area (TPSA) is 96.4 Å². The van der Waals surface area contributed by atoms with Gasteiger partial charge in [0.2, 0.25) is 10.0 Å². The predicted molar refractivity (Wildman–Crippen MR) is 56.3 cm³/mol. The molecule has 16 heavy (non-hydrogen) atoms. The number of nitrogens with one attached hydrogen (secondary N) is 1. The molecule has 0 aromatic carbocycles. The summed E-state index contributed by atoms with van der Waals surface area (Å²) in [4.78, 5) is 14.1. The van der Waals surface area contributed by atoms with Crippen LogP contribution in [-0.2, 0) is 14.8 Å². The molecule has 88 valence electrons. The molecule has 1 rings (SSSR count). The van der Waals surface area contributed by atoms with Crippen LogP contribution in [0.25, 0.3) is 0 Å². The Balaban J connectivity index is 2.77. The Hall–Kier alpha value is -1.47. The average Bonchev–Trinajstić information content (AvgIpc) is 2.16. The maximum Gasteiger partial charge on any atom is 0.304 e. The molecule has 0 bridgehead atoms. The zero-order chi connectivity index (χ0) is 12.2. The van der Waals surface area contributed by atoms with Gasteiger partial charge in [-0.2, -0.15) is 0 Å². The first-order chi connectivity index (χ1) is 7.42. The molecule has 0 spiro atoms. The number of hydrogen-bond acceptors (Lipinski definition) is 4. The Morgan fingerprint density at radius 2 is 2.31 bits per heavy atom. The molecule has 0 saturated carbocycles. The summed E-state index contributed by atoms with van der Waals surface area (Å²) in [5.41, 5.74) is 0. The summed E-state index contributed by atoms with van der Waals surface area (Å²) < 4.78 is 25.6. The SMILES string of the molecule is CC(CC(=O)O)NS(=O)(=O)c1cccnc1. The zero-order valence-corrected chi connectivity index (χ0v) is 9.44. The van der Waals surface area contributed by atoms with Gasteiger partial charge in [0.1, 0.15) is 4.90 Å². The van der Waals surface area contributed by atoms with Gasteiger partial charge in [-0.15, -0.1) is 0 Å². The fourth-order valence-electron chi connectivity index (χ4n) is 1.14. The van der Waals surface area contributed by atoms with Gasteiger partial charge in [0.15, 0.2) is 0 Å². The minimum absolute atomic E-state index is 0.0206. The van der Waals surface area contributed by atoms with E-state index >= 15 is 0 Å². The lowest BCUT2D eigenvalue weighted by Crippen LogP contribution is -2.34. The van der Waals surface area contributed by atoms with Crippen molar-refractivity contribution in [2.24, 2.45) is 0 Å². The molecule has 0 amide bonds. The quantitative estimate of drug-likeness (QED) is 0.772. The molecule has 1 unspecified atom stereocenters. The van der Waals surface area contributed by atoms with Gasteiger partial charge in [0.25, 0.3) is 0 Å². The van der Waals surface area contributed by atoms with E-state index in [4.69, 9.17) is 5.11 Å². The van der Waals surface area contributed by atoms with Crippen molar-refractivity contribution in [2.75, 3.05) is 0 Å². The highest BCUT2D eigenvalue weighted by Crippen LogP contribution is 2.07. The highest BCUT2D eigenvalue weighted by atomic mass is 32.2. The van der Waals surface area contributed by atoms with Gasteiger partial charge in [0.05, 0.1) is 6.42 Å². The van der Waals surface area contributed by atoms with E-state index in [1.54, 1.807) is 0 Å². The van der Waals surface area contributed by atoms with E-state index in [0.29, 0.717) is 0 Å². The van der Waals surface area contributed by atoms with Crippen LogP contribution in [0.5, 0.6) is 0 Å². The van der Waals surface area contributed by atoms with Crippen molar-refractivity contribution in [3.05, 3.63) is 24.5 Å². The van der Waals surface area contributed by atoms with Gasteiger partial charge in [-0.05, 0) is 19.1 Å². The fourth-order valence-corrected chi connectivity index (χ4v) is 2.35. The van der Waals surface area contributed by atoms with Crippen LogP contribution < -0.4 is 4.72 Å². The lowest BCUT2D eigenvalue weighted by atomic mass is 10.3. The summed E-state index contributed by atoms with van der Waals surface area (Å²) >= 11 is 0. The molecule has 0 aliphatic rings. The van der Waals surface area contributed by atoms with Crippen LogP contribution in [-0.4, -0.2) is 30.5 Å². The Morgan fingerprint density at radius 3 is 2.81 bits per heavy atom. The molecule has 6 nitrogen and oxygen atoms in total. The van der Waals surface area contributed by atoms with Crippen molar-refractivity contribution in [3.63, 3.8) is 0 Å². The molecule has 1 atom stereocenters. The lowest BCUT2D eigenvalue weighted by molar-refractivity contribution is -0.137. The molecule has 1 aromatic rings. The molecule has 1 heterocycles. The number of hydrogen-bond donors (Lipinski definition) is 2. The van der Waals surface area contributed by atoms with Crippen molar-refractivity contribution in [2.45, 2.75) is 24.3 Å². The van der Waals surface area contributed by atoms with Crippen LogP contribution in [0.4, 0.5) is 0 Å². The number of aliphatic carboxylic acids is 1. The second kappa shape index (κ2) is 5.04. The minimum atomic E-state index is -3.68. The van der Waals surface area contributed by atoms with Gasteiger partial charge < -0.3 is 5.11 Å². The summed E-state index contributed by atoms with van der Waals surface area (Å²) in [6.07, 6.45) is 2.40. The Bertz CT molecular complexity index is 458. The third kappa shape index (κ3) is 3.59. The number of aromatic nitrogens is 1. The summed E-state index contributed by atoms with van der Waals surface area (Å²) in [6.45, 7) is 1.49. The van der Waals surface area contributed by atoms with E-state index < -0.39 is 22.0 Å². The first-order valence-corrected chi connectivity index (χ1v) is 6.04. The largest absolute Gasteiger partial charge is 0.481 e. The number of nitrogens with zero attached hydrogens (tertiary/aromatic N) is 1. The molecular formula is C9H12N2O4S. The zero-order valence-electron chi connectivity index (χ0n) is 8.62. The van der Waals surface area contributed by atoms with Crippen molar-refractivity contribution in [1.82, 2.24) is 9.71 Å². The maximum absolute atomic E-state index is 11.7. The van der Waals surface area contributed by atoms with Crippen LogP contribution in [0.2, 0.25) is 0 Å². The van der Waals surface area contributed by atoms with Crippen LogP contribution in [0.1, 0.15) is 13.3 Å². The highest BCUT2D eigenvalue weighted by Gasteiger charge is 2.18. The third-order valence-corrected chi connectivity index (χ3v) is 3.36. The summed E-state index contributed by atoms with van der Waals surface area (Å²) in [7, 11) is -3.68. The molecule has 0 saturated heterocycles. The smallest absolute Gasteiger partial charge is 0.304 e.